The third kappa shape index (κ3) is 3.31. The summed E-state index contributed by atoms with van der Waals surface area (Å²) >= 11 is 0. The molecule has 4 nitrogen and oxygen atoms in total. The molecule has 1 atom stereocenters. The summed E-state index contributed by atoms with van der Waals surface area (Å²) in [6, 6.07) is 8.51. The lowest BCUT2D eigenvalue weighted by Crippen LogP contribution is -2.13. The van der Waals surface area contributed by atoms with Crippen molar-refractivity contribution in [2.45, 2.75) is 25.4 Å². The van der Waals surface area contributed by atoms with E-state index in [1.165, 1.54) is 6.07 Å². The molecule has 0 aliphatic carbocycles. The van der Waals surface area contributed by atoms with Gasteiger partial charge in [-0.15, -0.1) is 0 Å². The molecule has 1 heterocycles. The number of hydrogen-bond acceptors (Lipinski definition) is 4. The van der Waals surface area contributed by atoms with Gasteiger partial charge in [-0.3, -0.25) is 0 Å². The molecule has 4 heteroatoms. The highest BCUT2D eigenvalue weighted by Gasteiger charge is 2.16. The Hall–Kier alpha value is -1.86. The minimum Gasteiger partial charge on any atom is -0.462 e. The van der Waals surface area contributed by atoms with Crippen LogP contribution in [0, 0.1) is 11.3 Å². The van der Waals surface area contributed by atoms with Crippen molar-refractivity contribution in [2.75, 3.05) is 13.2 Å². The predicted octanol–water partition coefficient (Wildman–Crippen LogP) is 2.28. The lowest BCUT2D eigenvalue weighted by Gasteiger charge is -2.09. The first-order valence-electron chi connectivity index (χ1n) is 6.08. The Bertz CT molecular complexity index is 458. The van der Waals surface area contributed by atoms with Crippen molar-refractivity contribution in [3.63, 3.8) is 0 Å². The largest absolute Gasteiger partial charge is 0.462 e. The third-order valence-corrected chi connectivity index (χ3v) is 2.92. The van der Waals surface area contributed by atoms with Crippen LogP contribution in [-0.4, -0.2) is 25.3 Å². The van der Waals surface area contributed by atoms with Gasteiger partial charge in [0.1, 0.15) is 0 Å². The molecule has 1 aliphatic heterocycles. The van der Waals surface area contributed by atoms with Crippen LogP contribution >= 0.6 is 0 Å². The summed E-state index contributed by atoms with van der Waals surface area (Å²) in [6.45, 7) is 1.17. The average molecular weight is 245 g/mol. The lowest BCUT2D eigenvalue weighted by molar-refractivity contribution is 0.0386. The first-order valence-corrected chi connectivity index (χ1v) is 6.08. The van der Waals surface area contributed by atoms with Crippen molar-refractivity contribution in [3.8, 4) is 6.07 Å². The van der Waals surface area contributed by atoms with Crippen molar-refractivity contribution in [1.29, 1.82) is 5.26 Å². The fourth-order valence-corrected chi connectivity index (χ4v) is 1.95. The molecule has 0 radical (unpaired) electrons. The van der Waals surface area contributed by atoms with Crippen LogP contribution in [0.3, 0.4) is 0 Å². The van der Waals surface area contributed by atoms with Crippen LogP contribution in [0.15, 0.2) is 24.3 Å². The molecule has 0 amide bonds. The van der Waals surface area contributed by atoms with Crippen LogP contribution in [0.4, 0.5) is 0 Å². The molecule has 18 heavy (non-hydrogen) atoms. The number of carbonyl (C=O) groups excluding carboxylic acids is 1. The Labute approximate surface area is 106 Å². The molecule has 1 aliphatic rings. The Kier molecular flexibility index (Phi) is 4.32. The van der Waals surface area contributed by atoms with Gasteiger partial charge in [0.05, 0.1) is 29.9 Å². The molecule has 0 bridgehead atoms. The monoisotopic (exact) mass is 245 g/mol. The van der Waals surface area contributed by atoms with Gasteiger partial charge in [-0.05, 0) is 31.0 Å². The fraction of sp³-hybridized carbons (Fsp3) is 0.429. The van der Waals surface area contributed by atoms with Crippen molar-refractivity contribution in [1.82, 2.24) is 0 Å². The Morgan fingerprint density at radius 2 is 2.44 bits per heavy atom. The van der Waals surface area contributed by atoms with E-state index in [-0.39, 0.29) is 12.1 Å². The van der Waals surface area contributed by atoms with E-state index in [4.69, 9.17) is 14.7 Å². The topological polar surface area (TPSA) is 59.3 Å². The molecule has 1 fully saturated rings. The van der Waals surface area contributed by atoms with Gasteiger partial charge < -0.3 is 9.47 Å². The summed E-state index contributed by atoms with van der Waals surface area (Å²) in [7, 11) is 0. The van der Waals surface area contributed by atoms with Crippen molar-refractivity contribution in [2.24, 2.45) is 0 Å². The fourth-order valence-electron chi connectivity index (χ4n) is 1.95. The molecule has 1 aromatic rings. The number of nitrogens with zero attached hydrogens (tertiary/aromatic N) is 1. The van der Waals surface area contributed by atoms with E-state index in [0.717, 1.165) is 25.9 Å². The number of hydrogen-bond donors (Lipinski definition) is 0. The second kappa shape index (κ2) is 6.18. The Morgan fingerprint density at radius 3 is 3.17 bits per heavy atom. The Morgan fingerprint density at radius 1 is 1.56 bits per heavy atom. The maximum Gasteiger partial charge on any atom is 0.338 e. The normalized spacial score (nSPS) is 18.3. The number of benzene rings is 1. The highest BCUT2D eigenvalue weighted by Crippen LogP contribution is 2.15. The third-order valence-electron chi connectivity index (χ3n) is 2.92. The standard InChI is InChI=1S/C14H15NO3/c15-10-11-3-1-4-12(9-11)14(16)18-8-6-13-5-2-7-17-13/h1,3-4,9,13H,2,5-8H2/t13-/m0/s1. The van der Waals surface area contributed by atoms with Gasteiger partial charge in [0.15, 0.2) is 0 Å². The SMILES string of the molecule is N#Cc1cccc(C(=O)OCC[C@@H]2CCCO2)c1. The number of esters is 1. The second-order valence-corrected chi connectivity index (χ2v) is 4.25. The summed E-state index contributed by atoms with van der Waals surface area (Å²) in [6.07, 6.45) is 3.09. The summed E-state index contributed by atoms with van der Waals surface area (Å²) in [5, 5.41) is 8.74. The van der Waals surface area contributed by atoms with Crippen LogP contribution in [-0.2, 0) is 9.47 Å². The van der Waals surface area contributed by atoms with Crippen LogP contribution < -0.4 is 0 Å². The first-order chi connectivity index (χ1) is 8.79. The molecular formula is C14H15NO3. The number of rotatable bonds is 4. The van der Waals surface area contributed by atoms with Gasteiger partial charge in [-0.25, -0.2) is 4.79 Å². The Balaban J connectivity index is 1.81. The highest BCUT2D eigenvalue weighted by molar-refractivity contribution is 5.89. The molecule has 94 valence electrons. The quantitative estimate of drug-likeness (QED) is 0.763. The molecule has 0 unspecified atom stereocenters. The van der Waals surface area contributed by atoms with Crippen LogP contribution in [0.1, 0.15) is 35.2 Å². The minimum absolute atomic E-state index is 0.225. The maximum absolute atomic E-state index is 11.7. The molecule has 1 saturated heterocycles. The molecule has 0 N–H and O–H groups in total. The van der Waals surface area contributed by atoms with Gasteiger partial charge >= 0.3 is 5.97 Å². The molecule has 0 saturated carbocycles. The highest BCUT2D eigenvalue weighted by atomic mass is 16.5. The smallest absolute Gasteiger partial charge is 0.338 e. The summed E-state index contributed by atoms with van der Waals surface area (Å²) < 4.78 is 10.6. The summed E-state index contributed by atoms with van der Waals surface area (Å²) in [4.78, 5) is 11.7. The average Bonchev–Trinajstić information content (AvgIpc) is 2.92. The predicted molar refractivity (Wildman–Crippen MR) is 65.0 cm³/mol. The van der Waals surface area contributed by atoms with E-state index in [1.54, 1.807) is 18.2 Å². The molecule has 2 rings (SSSR count). The van der Waals surface area contributed by atoms with Gasteiger partial charge in [-0.2, -0.15) is 5.26 Å². The van der Waals surface area contributed by atoms with Crippen molar-refractivity contribution < 1.29 is 14.3 Å². The number of carbonyl (C=O) groups is 1. The van der Waals surface area contributed by atoms with Crippen LogP contribution in [0.2, 0.25) is 0 Å². The number of nitriles is 1. The number of ether oxygens (including phenoxy) is 2. The van der Waals surface area contributed by atoms with Crippen molar-refractivity contribution >= 4 is 5.97 Å². The van der Waals surface area contributed by atoms with Crippen LogP contribution in [0.5, 0.6) is 0 Å². The van der Waals surface area contributed by atoms with E-state index in [2.05, 4.69) is 0 Å². The molecule has 0 spiro atoms. The second-order valence-electron chi connectivity index (χ2n) is 4.25. The zero-order chi connectivity index (χ0) is 12.8. The van der Waals surface area contributed by atoms with E-state index in [9.17, 15) is 4.79 Å². The zero-order valence-corrected chi connectivity index (χ0v) is 10.1. The van der Waals surface area contributed by atoms with Gasteiger partial charge in [0.25, 0.3) is 0 Å². The molecular weight excluding hydrogens is 230 g/mol. The van der Waals surface area contributed by atoms with Crippen molar-refractivity contribution in [3.05, 3.63) is 35.4 Å². The molecule has 1 aromatic carbocycles. The van der Waals surface area contributed by atoms with E-state index in [0.29, 0.717) is 17.7 Å². The molecule has 0 aromatic heterocycles. The van der Waals surface area contributed by atoms with Gasteiger partial charge in [-0.1, -0.05) is 6.07 Å². The van der Waals surface area contributed by atoms with Gasteiger partial charge in [0, 0.05) is 13.0 Å². The summed E-state index contributed by atoms with van der Waals surface area (Å²) in [5.74, 6) is -0.384. The summed E-state index contributed by atoms with van der Waals surface area (Å²) in [5.41, 5.74) is 0.880. The maximum atomic E-state index is 11.7. The minimum atomic E-state index is -0.384. The van der Waals surface area contributed by atoms with E-state index in [1.807, 2.05) is 6.07 Å². The van der Waals surface area contributed by atoms with E-state index < -0.39 is 0 Å². The van der Waals surface area contributed by atoms with E-state index >= 15 is 0 Å². The van der Waals surface area contributed by atoms with Gasteiger partial charge in [0.2, 0.25) is 0 Å². The zero-order valence-electron chi connectivity index (χ0n) is 10.1. The lowest BCUT2D eigenvalue weighted by atomic mass is 10.1. The van der Waals surface area contributed by atoms with Crippen LogP contribution in [0.25, 0.3) is 0 Å². The first kappa shape index (κ1) is 12.6.